The number of Topliss-reactive ketones (excluding diaryl/α,β-unsaturated/α-hetero) is 1. The number of non-ortho nitro benzene ring substituents is 1. The van der Waals surface area contributed by atoms with Gasteiger partial charge in [-0.3, -0.25) is 24.5 Å². The molecule has 0 aliphatic rings. The van der Waals surface area contributed by atoms with Crippen molar-refractivity contribution in [3.05, 3.63) is 105 Å². The maximum absolute atomic E-state index is 13.1. The lowest BCUT2D eigenvalue weighted by Gasteiger charge is -2.17. The Kier molecular flexibility index (Phi) is 7.87. The Morgan fingerprint density at radius 3 is 2.09 bits per heavy atom. The number of ketones is 1. The average molecular weight is 460 g/mol. The number of benzene rings is 3. The number of carbonyl (C=O) groups excluding carboxylic acids is 3. The number of nitrogens with zero attached hydrogens (tertiary/aromatic N) is 1. The summed E-state index contributed by atoms with van der Waals surface area (Å²) in [5, 5.41) is 13.8. The summed E-state index contributed by atoms with van der Waals surface area (Å²) >= 11 is 0. The minimum atomic E-state index is -1.29. The predicted octanol–water partition coefficient (Wildman–Crippen LogP) is 5.10. The van der Waals surface area contributed by atoms with Gasteiger partial charge in [-0.05, 0) is 37.1 Å². The molecule has 0 saturated carbocycles. The monoisotopic (exact) mass is 460 g/mol. The number of nitro groups is 1. The molecule has 1 atom stereocenters. The molecule has 3 aromatic carbocycles. The lowest BCUT2D eigenvalue weighted by atomic mass is 9.99. The first kappa shape index (κ1) is 24.3. The Balaban J connectivity index is 1.71. The molecule has 0 spiro atoms. The number of hydrogen-bond donors (Lipinski definition) is 1. The molecule has 1 N–H and O–H groups in total. The summed E-state index contributed by atoms with van der Waals surface area (Å²) in [6.45, 7) is 3.75. The number of ether oxygens (including phenoxy) is 1. The van der Waals surface area contributed by atoms with Crippen molar-refractivity contribution in [1.82, 2.24) is 0 Å². The van der Waals surface area contributed by atoms with Crippen LogP contribution in [0.1, 0.15) is 46.0 Å². The number of para-hydroxylation sites is 1. The Hall–Kier alpha value is -4.33. The van der Waals surface area contributed by atoms with E-state index in [1.165, 1.54) is 24.3 Å². The molecule has 0 aromatic heterocycles. The van der Waals surface area contributed by atoms with Crippen molar-refractivity contribution in [3.63, 3.8) is 0 Å². The molecule has 0 fully saturated rings. The van der Waals surface area contributed by atoms with Crippen LogP contribution in [-0.4, -0.2) is 22.6 Å². The van der Waals surface area contributed by atoms with E-state index >= 15 is 0 Å². The van der Waals surface area contributed by atoms with Crippen LogP contribution in [0.25, 0.3) is 0 Å². The molecule has 0 bridgehead atoms. The first-order chi connectivity index (χ1) is 16.3. The van der Waals surface area contributed by atoms with E-state index in [9.17, 15) is 24.5 Å². The standard InChI is InChI=1S/C26H24N2O6/c1-17-7-6-8-18(2)24(17)27-22(29)15-16-23(30)34-26(25(31)19-9-4-3-5-10-19)20-11-13-21(14-12-20)28(32)33/h3-14,26H,15-16H2,1-2H3,(H,27,29)/t26-/m1/s1. The first-order valence-corrected chi connectivity index (χ1v) is 10.7. The molecule has 0 radical (unpaired) electrons. The molecule has 8 heteroatoms. The van der Waals surface area contributed by atoms with Gasteiger partial charge >= 0.3 is 5.97 Å². The van der Waals surface area contributed by atoms with Crippen molar-refractivity contribution < 1.29 is 24.0 Å². The van der Waals surface area contributed by atoms with Crippen molar-refractivity contribution in [2.45, 2.75) is 32.8 Å². The van der Waals surface area contributed by atoms with Gasteiger partial charge in [-0.15, -0.1) is 0 Å². The van der Waals surface area contributed by atoms with Crippen LogP contribution in [0.4, 0.5) is 11.4 Å². The second-order valence-corrected chi connectivity index (χ2v) is 7.76. The molecule has 34 heavy (non-hydrogen) atoms. The molecule has 0 aliphatic heterocycles. The quantitative estimate of drug-likeness (QED) is 0.206. The van der Waals surface area contributed by atoms with Crippen LogP contribution in [0.5, 0.6) is 0 Å². The van der Waals surface area contributed by atoms with E-state index in [2.05, 4.69) is 5.32 Å². The largest absolute Gasteiger partial charge is 0.449 e. The molecule has 0 unspecified atom stereocenters. The summed E-state index contributed by atoms with van der Waals surface area (Å²) in [4.78, 5) is 48.4. The number of nitrogens with one attached hydrogen (secondary N) is 1. The van der Waals surface area contributed by atoms with Gasteiger partial charge in [-0.2, -0.15) is 0 Å². The Labute approximate surface area is 196 Å². The van der Waals surface area contributed by atoms with Crippen LogP contribution < -0.4 is 5.32 Å². The minimum absolute atomic E-state index is 0.126. The average Bonchev–Trinajstić information content (AvgIpc) is 2.84. The van der Waals surface area contributed by atoms with Crippen LogP contribution in [0.3, 0.4) is 0 Å². The maximum Gasteiger partial charge on any atom is 0.307 e. The molecular formula is C26H24N2O6. The summed E-state index contributed by atoms with van der Waals surface area (Å²) < 4.78 is 5.46. The third-order valence-electron chi connectivity index (χ3n) is 5.25. The summed E-state index contributed by atoms with van der Waals surface area (Å²) in [7, 11) is 0. The maximum atomic E-state index is 13.1. The summed E-state index contributed by atoms with van der Waals surface area (Å²) in [6.07, 6.45) is -1.65. The lowest BCUT2D eigenvalue weighted by Crippen LogP contribution is -2.21. The highest BCUT2D eigenvalue weighted by atomic mass is 16.6. The van der Waals surface area contributed by atoms with Gasteiger partial charge in [0.1, 0.15) is 0 Å². The Morgan fingerprint density at radius 1 is 0.882 bits per heavy atom. The molecule has 8 nitrogen and oxygen atoms in total. The van der Waals surface area contributed by atoms with E-state index in [0.29, 0.717) is 16.8 Å². The van der Waals surface area contributed by atoms with Gasteiger partial charge in [0, 0.05) is 35.4 Å². The van der Waals surface area contributed by atoms with Gasteiger partial charge in [0.25, 0.3) is 5.69 Å². The minimum Gasteiger partial charge on any atom is -0.449 e. The molecule has 174 valence electrons. The number of carbonyl (C=O) groups is 3. The Bertz CT molecular complexity index is 1190. The third kappa shape index (κ3) is 6.13. The van der Waals surface area contributed by atoms with E-state index in [-0.39, 0.29) is 24.4 Å². The van der Waals surface area contributed by atoms with Crippen LogP contribution in [0.2, 0.25) is 0 Å². The van der Waals surface area contributed by atoms with Gasteiger partial charge in [-0.25, -0.2) is 0 Å². The smallest absolute Gasteiger partial charge is 0.307 e. The van der Waals surface area contributed by atoms with Crippen LogP contribution in [0, 0.1) is 24.0 Å². The molecule has 3 aromatic rings. The number of aryl methyl sites for hydroxylation is 2. The number of hydrogen-bond acceptors (Lipinski definition) is 6. The van der Waals surface area contributed by atoms with Crippen LogP contribution >= 0.6 is 0 Å². The molecule has 3 rings (SSSR count). The second kappa shape index (κ2) is 11.0. The number of amides is 1. The zero-order chi connectivity index (χ0) is 24.7. The van der Waals surface area contributed by atoms with E-state index in [1.54, 1.807) is 30.3 Å². The fourth-order valence-corrected chi connectivity index (χ4v) is 3.42. The van der Waals surface area contributed by atoms with Crippen molar-refractivity contribution in [3.8, 4) is 0 Å². The zero-order valence-electron chi connectivity index (χ0n) is 18.8. The highest BCUT2D eigenvalue weighted by Gasteiger charge is 2.27. The summed E-state index contributed by atoms with van der Waals surface area (Å²) in [5.74, 6) is -1.55. The van der Waals surface area contributed by atoms with Gasteiger partial charge < -0.3 is 10.1 Å². The molecule has 0 heterocycles. The molecule has 1 amide bonds. The number of anilines is 1. The van der Waals surface area contributed by atoms with Crippen LogP contribution in [0.15, 0.2) is 72.8 Å². The third-order valence-corrected chi connectivity index (χ3v) is 5.25. The lowest BCUT2D eigenvalue weighted by molar-refractivity contribution is -0.384. The molecule has 0 aliphatic carbocycles. The fourth-order valence-electron chi connectivity index (χ4n) is 3.42. The van der Waals surface area contributed by atoms with Crippen molar-refractivity contribution in [1.29, 1.82) is 0 Å². The van der Waals surface area contributed by atoms with Crippen LogP contribution in [-0.2, 0) is 14.3 Å². The summed E-state index contributed by atoms with van der Waals surface area (Å²) in [5.41, 5.74) is 2.98. The number of esters is 1. The highest BCUT2D eigenvalue weighted by molar-refractivity contribution is 6.01. The number of rotatable bonds is 9. The highest BCUT2D eigenvalue weighted by Crippen LogP contribution is 2.26. The Morgan fingerprint density at radius 2 is 1.50 bits per heavy atom. The zero-order valence-corrected chi connectivity index (χ0v) is 18.8. The second-order valence-electron chi connectivity index (χ2n) is 7.76. The van der Waals surface area contributed by atoms with Gasteiger partial charge in [-0.1, -0.05) is 48.5 Å². The van der Waals surface area contributed by atoms with E-state index < -0.39 is 22.8 Å². The van der Waals surface area contributed by atoms with E-state index in [4.69, 9.17) is 4.74 Å². The molecular weight excluding hydrogens is 436 g/mol. The predicted molar refractivity (Wildman–Crippen MR) is 126 cm³/mol. The fraction of sp³-hybridized carbons (Fsp3) is 0.192. The molecule has 0 saturated heterocycles. The van der Waals surface area contributed by atoms with Crippen molar-refractivity contribution in [2.75, 3.05) is 5.32 Å². The van der Waals surface area contributed by atoms with Gasteiger partial charge in [0.2, 0.25) is 11.7 Å². The van der Waals surface area contributed by atoms with Gasteiger partial charge in [0.05, 0.1) is 11.3 Å². The SMILES string of the molecule is Cc1cccc(C)c1NC(=O)CCC(=O)O[C@@H](C(=O)c1ccccc1)c1ccc([N+](=O)[O-])cc1. The topological polar surface area (TPSA) is 116 Å². The van der Waals surface area contributed by atoms with E-state index in [0.717, 1.165) is 11.1 Å². The number of nitro benzene ring substituents is 1. The summed E-state index contributed by atoms with van der Waals surface area (Å²) in [6, 6.07) is 19.2. The van der Waals surface area contributed by atoms with E-state index in [1.807, 2.05) is 32.0 Å². The van der Waals surface area contributed by atoms with Crippen molar-refractivity contribution in [2.24, 2.45) is 0 Å². The first-order valence-electron chi connectivity index (χ1n) is 10.7. The van der Waals surface area contributed by atoms with Crippen molar-refractivity contribution >= 4 is 29.0 Å². The normalized spacial score (nSPS) is 11.4. The van der Waals surface area contributed by atoms with Gasteiger partial charge in [0.15, 0.2) is 6.10 Å².